The van der Waals surface area contributed by atoms with Gasteiger partial charge >= 0.3 is 5.97 Å². The fourth-order valence-electron chi connectivity index (χ4n) is 3.21. The summed E-state index contributed by atoms with van der Waals surface area (Å²) in [5.74, 6) is -1.37. The number of aryl methyl sites for hydroxylation is 1. The molecule has 156 valence electrons. The number of carboxylic acids is 1. The molecule has 0 radical (unpaired) electrons. The van der Waals surface area contributed by atoms with E-state index in [9.17, 15) is 14.3 Å². The molecule has 1 atom stereocenters. The second-order valence-corrected chi connectivity index (χ2v) is 7.04. The highest BCUT2D eigenvalue weighted by Gasteiger charge is 2.16. The minimum Gasteiger partial charge on any atom is -0.481 e. The average molecular weight is 409 g/mol. The lowest BCUT2D eigenvalue weighted by Crippen LogP contribution is -2.15. The van der Waals surface area contributed by atoms with E-state index in [1.807, 2.05) is 30.3 Å². The Morgan fingerprint density at radius 1 is 1.23 bits per heavy atom. The summed E-state index contributed by atoms with van der Waals surface area (Å²) in [4.78, 5) is 11.0. The van der Waals surface area contributed by atoms with E-state index in [2.05, 4.69) is 10.4 Å². The van der Waals surface area contributed by atoms with Crippen LogP contribution in [0.5, 0.6) is 0 Å². The van der Waals surface area contributed by atoms with Crippen molar-refractivity contribution in [3.05, 3.63) is 88.5 Å². The van der Waals surface area contributed by atoms with Crippen molar-refractivity contribution < 1.29 is 19.4 Å². The molecular formula is C23H24FN3O3. The Morgan fingerprint density at radius 3 is 2.63 bits per heavy atom. The van der Waals surface area contributed by atoms with Crippen molar-refractivity contribution in [2.24, 2.45) is 0 Å². The largest absolute Gasteiger partial charge is 0.481 e. The van der Waals surface area contributed by atoms with Crippen molar-refractivity contribution in [2.75, 3.05) is 5.32 Å². The summed E-state index contributed by atoms with van der Waals surface area (Å²) < 4.78 is 16.2. The standard InChI is InChI=1S/C23H24FN3O3/c1-15-20(13-23(29)30)16(2)27(26-15)14-18-9-10-19(12-21(18)24)25-22(28)11-8-17-6-4-3-5-7-17/h3-12,22,25,28H,13-14H2,1-2H3,(H,29,30). The Kier molecular flexibility index (Phi) is 6.64. The van der Waals surface area contributed by atoms with E-state index >= 15 is 0 Å². The Bertz CT molecular complexity index is 1060. The van der Waals surface area contributed by atoms with Gasteiger partial charge in [-0.25, -0.2) is 4.39 Å². The first-order chi connectivity index (χ1) is 14.3. The molecule has 1 aromatic heterocycles. The summed E-state index contributed by atoms with van der Waals surface area (Å²) in [6.45, 7) is 3.71. The maximum Gasteiger partial charge on any atom is 0.307 e. The van der Waals surface area contributed by atoms with Crippen molar-refractivity contribution in [3.63, 3.8) is 0 Å². The molecule has 3 aromatic rings. The summed E-state index contributed by atoms with van der Waals surface area (Å²) in [6, 6.07) is 14.2. The number of hydrogen-bond acceptors (Lipinski definition) is 4. The molecule has 7 heteroatoms. The van der Waals surface area contributed by atoms with Gasteiger partial charge in [0.25, 0.3) is 0 Å². The third-order valence-corrected chi connectivity index (χ3v) is 4.82. The molecule has 0 saturated carbocycles. The summed E-state index contributed by atoms with van der Waals surface area (Å²) in [7, 11) is 0. The molecule has 30 heavy (non-hydrogen) atoms. The number of anilines is 1. The first kappa shape index (κ1) is 21.3. The highest BCUT2D eigenvalue weighted by atomic mass is 19.1. The van der Waals surface area contributed by atoms with Crippen LogP contribution in [0.2, 0.25) is 0 Å². The molecule has 0 aliphatic heterocycles. The number of benzene rings is 2. The van der Waals surface area contributed by atoms with E-state index in [1.54, 1.807) is 42.8 Å². The lowest BCUT2D eigenvalue weighted by atomic mass is 10.1. The molecule has 3 N–H and O–H groups in total. The second-order valence-electron chi connectivity index (χ2n) is 7.04. The molecule has 1 unspecified atom stereocenters. The smallest absolute Gasteiger partial charge is 0.307 e. The third kappa shape index (κ3) is 5.33. The van der Waals surface area contributed by atoms with Gasteiger partial charge in [0.15, 0.2) is 0 Å². The Hall–Kier alpha value is -3.45. The lowest BCUT2D eigenvalue weighted by Gasteiger charge is -2.12. The topological polar surface area (TPSA) is 87.4 Å². The number of aliphatic hydroxyl groups excluding tert-OH is 1. The molecule has 0 aliphatic carbocycles. The van der Waals surface area contributed by atoms with Crippen LogP contribution in [0.3, 0.4) is 0 Å². The molecule has 0 bridgehead atoms. The van der Waals surface area contributed by atoms with Gasteiger partial charge in [0.2, 0.25) is 0 Å². The number of hydrogen-bond donors (Lipinski definition) is 3. The minimum absolute atomic E-state index is 0.114. The zero-order chi connectivity index (χ0) is 21.7. The summed E-state index contributed by atoms with van der Waals surface area (Å²) in [5.41, 5.74) is 3.80. The summed E-state index contributed by atoms with van der Waals surface area (Å²) in [5, 5.41) is 26.3. The fraction of sp³-hybridized carbons (Fsp3) is 0.217. The maximum atomic E-state index is 14.6. The van der Waals surface area contributed by atoms with Gasteiger partial charge in [-0.15, -0.1) is 0 Å². The predicted octanol–water partition coefficient (Wildman–Crippen LogP) is 3.76. The number of nitrogens with one attached hydrogen (secondary N) is 1. The molecule has 0 spiro atoms. The summed E-state index contributed by atoms with van der Waals surface area (Å²) in [6.07, 6.45) is 2.28. The van der Waals surface area contributed by atoms with Gasteiger partial charge in [0, 0.05) is 22.5 Å². The van der Waals surface area contributed by atoms with Crippen LogP contribution >= 0.6 is 0 Å². The number of nitrogens with zero attached hydrogens (tertiary/aromatic N) is 2. The van der Waals surface area contributed by atoms with E-state index in [0.717, 1.165) is 5.56 Å². The molecule has 0 saturated heterocycles. The predicted molar refractivity (Wildman–Crippen MR) is 114 cm³/mol. The second kappa shape index (κ2) is 9.37. The zero-order valence-electron chi connectivity index (χ0n) is 16.8. The van der Waals surface area contributed by atoms with Crippen LogP contribution in [0.25, 0.3) is 6.08 Å². The number of carbonyl (C=O) groups is 1. The zero-order valence-corrected chi connectivity index (χ0v) is 16.8. The van der Waals surface area contributed by atoms with Crippen molar-refractivity contribution in [1.29, 1.82) is 0 Å². The first-order valence-corrected chi connectivity index (χ1v) is 9.54. The highest BCUT2D eigenvalue weighted by Crippen LogP contribution is 2.20. The molecule has 3 rings (SSSR count). The van der Waals surface area contributed by atoms with E-state index < -0.39 is 18.0 Å². The van der Waals surface area contributed by atoms with Crippen LogP contribution in [0.4, 0.5) is 10.1 Å². The molecule has 1 heterocycles. The van der Waals surface area contributed by atoms with Crippen LogP contribution in [-0.2, 0) is 17.8 Å². The maximum absolute atomic E-state index is 14.6. The summed E-state index contributed by atoms with van der Waals surface area (Å²) >= 11 is 0. The van der Waals surface area contributed by atoms with Gasteiger partial charge in [0.1, 0.15) is 12.0 Å². The van der Waals surface area contributed by atoms with Crippen LogP contribution < -0.4 is 5.32 Å². The quantitative estimate of drug-likeness (QED) is 0.493. The number of aromatic nitrogens is 2. The van der Waals surface area contributed by atoms with Gasteiger partial charge in [-0.1, -0.05) is 42.5 Å². The van der Waals surface area contributed by atoms with E-state index in [1.165, 1.54) is 6.07 Å². The Balaban J connectivity index is 1.68. The van der Waals surface area contributed by atoms with Gasteiger partial charge in [0.05, 0.1) is 18.7 Å². The molecule has 0 aliphatic rings. The molecule has 0 fully saturated rings. The van der Waals surface area contributed by atoms with Gasteiger partial charge < -0.3 is 15.5 Å². The van der Waals surface area contributed by atoms with Crippen molar-refractivity contribution in [1.82, 2.24) is 9.78 Å². The molecule has 0 amide bonds. The SMILES string of the molecule is Cc1nn(Cc2ccc(NC(O)C=Cc3ccccc3)cc2F)c(C)c1CC(=O)O. The molecular weight excluding hydrogens is 385 g/mol. The number of aliphatic hydroxyl groups is 1. The number of aliphatic carboxylic acids is 1. The van der Waals surface area contributed by atoms with Gasteiger partial charge in [-0.05, 0) is 37.6 Å². The van der Waals surface area contributed by atoms with Crippen LogP contribution in [0, 0.1) is 19.7 Å². The highest BCUT2D eigenvalue weighted by molar-refractivity contribution is 5.71. The molecule has 6 nitrogen and oxygen atoms in total. The number of rotatable bonds is 8. The van der Waals surface area contributed by atoms with E-state index in [0.29, 0.717) is 28.2 Å². The van der Waals surface area contributed by atoms with Crippen molar-refractivity contribution >= 4 is 17.7 Å². The third-order valence-electron chi connectivity index (χ3n) is 4.82. The van der Waals surface area contributed by atoms with Crippen LogP contribution in [0.1, 0.15) is 28.1 Å². The van der Waals surface area contributed by atoms with Gasteiger partial charge in [-0.3, -0.25) is 9.48 Å². The Labute approximate surface area is 174 Å². The fourth-order valence-corrected chi connectivity index (χ4v) is 3.21. The van der Waals surface area contributed by atoms with Crippen LogP contribution in [0.15, 0.2) is 54.6 Å². The van der Waals surface area contributed by atoms with E-state index in [-0.39, 0.29) is 13.0 Å². The minimum atomic E-state index is -0.968. The first-order valence-electron chi connectivity index (χ1n) is 9.54. The lowest BCUT2D eigenvalue weighted by molar-refractivity contribution is -0.136. The normalized spacial score (nSPS) is 12.3. The van der Waals surface area contributed by atoms with Crippen molar-refractivity contribution in [3.8, 4) is 0 Å². The van der Waals surface area contributed by atoms with Crippen molar-refractivity contribution in [2.45, 2.75) is 33.0 Å². The average Bonchev–Trinajstić information content (AvgIpc) is 2.96. The Morgan fingerprint density at radius 2 is 1.97 bits per heavy atom. The van der Waals surface area contributed by atoms with E-state index in [4.69, 9.17) is 5.11 Å². The monoisotopic (exact) mass is 409 g/mol. The number of halogens is 1. The number of carboxylic acid groups (broad SMARTS) is 1. The van der Waals surface area contributed by atoms with Crippen LogP contribution in [-0.4, -0.2) is 32.2 Å². The molecule has 2 aromatic carbocycles. The van der Waals surface area contributed by atoms with Gasteiger partial charge in [-0.2, -0.15) is 5.10 Å².